The van der Waals surface area contributed by atoms with Crippen molar-refractivity contribution in [3.05, 3.63) is 28.8 Å². The third kappa shape index (κ3) is 4.51. The molecule has 1 atom stereocenters. The third-order valence-corrected chi connectivity index (χ3v) is 3.43. The molecule has 120 valence electrons. The fourth-order valence-electron chi connectivity index (χ4n) is 1.74. The van der Waals surface area contributed by atoms with Gasteiger partial charge in [0.15, 0.2) is 6.10 Å². The second-order valence-corrected chi connectivity index (χ2v) is 5.77. The summed E-state index contributed by atoms with van der Waals surface area (Å²) in [5.41, 5.74) is -1.39. The number of hydrogen-bond acceptors (Lipinski definition) is 3. The van der Waals surface area contributed by atoms with Crippen LogP contribution in [0.15, 0.2) is 23.4 Å². The first-order valence-corrected chi connectivity index (χ1v) is 7.22. The van der Waals surface area contributed by atoms with Crippen molar-refractivity contribution in [1.82, 2.24) is 5.32 Å². The lowest BCUT2D eigenvalue weighted by molar-refractivity contribution is -0.136. The number of carbonyl (C=O) groups is 1. The molecule has 0 radical (unpaired) electrons. The molecule has 1 aromatic rings. The van der Waals surface area contributed by atoms with Crippen LogP contribution < -0.4 is 10.6 Å². The predicted molar refractivity (Wildman–Crippen MR) is 79.3 cm³/mol. The first kappa shape index (κ1) is 16.9. The van der Waals surface area contributed by atoms with Gasteiger partial charge in [-0.25, -0.2) is 4.79 Å². The smallest absolute Gasteiger partial charge is 0.390 e. The average molecular weight is 401 g/mol. The Hall–Kier alpha value is -1.48. The van der Waals surface area contributed by atoms with Crippen molar-refractivity contribution in [2.75, 3.05) is 11.9 Å². The lowest BCUT2D eigenvalue weighted by atomic mass is 10.1. The van der Waals surface area contributed by atoms with Crippen LogP contribution in [-0.2, 0) is 11.0 Å². The van der Waals surface area contributed by atoms with Gasteiger partial charge in [-0.05, 0) is 34.1 Å². The number of halogens is 5. The van der Waals surface area contributed by atoms with E-state index in [1.165, 1.54) is 6.07 Å². The molecule has 1 heterocycles. The van der Waals surface area contributed by atoms with Crippen molar-refractivity contribution < 1.29 is 22.8 Å². The highest BCUT2D eigenvalue weighted by Gasteiger charge is 2.34. The zero-order valence-corrected chi connectivity index (χ0v) is 13.2. The molecule has 0 bridgehead atoms. The number of hydrogen-bond donors (Lipinski definition) is 2. The van der Waals surface area contributed by atoms with Crippen LogP contribution in [0.5, 0.6) is 0 Å². The summed E-state index contributed by atoms with van der Waals surface area (Å²) in [6.07, 6.45) is -4.50. The fraction of sp³-hybridized carbons (Fsp3) is 0.333. The number of anilines is 1. The number of carbonyl (C=O) groups excluding carboxylic acids is 1. The number of rotatable bonds is 3. The zero-order chi connectivity index (χ0) is 16.3. The summed E-state index contributed by atoms with van der Waals surface area (Å²) in [7, 11) is 0. The van der Waals surface area contributed by atoms with Gasteiger partial charge in [-0.3, -0.25) is 0 Å². The van der Waals surface area contributed by atoms with Crippen LogP contribution in [0.1, 0.15) is 12.0 Å². The summed E-state index contributed by atoms with van der Waals surface area (Å²) < 4.78 is 39.3. The van der Waals surface area contributed by atoms with Crippen molar-refractivity contribution in [1.29, 1.82) is 0 Å². The molecule has 1 unspecified atom stereocenters. The number of urea groups is 1. The van der Waals surface area contributed by atoms with Gasteiger partial charge in [-0.15, -0.1) is 0 Å². The van der Waals surface area contributed by atoms with Crippen molar-refractivity contribution in [3.8, 4) is 0 Å². The van der Waals surface area contributed by atoms with Gasteiger partial charge < -0.3 is 15.5 Å². The summed E-state index contributed by atoms with van der Waals surface area (Å²) in [6, 6.07) is 2.33. The van der Waals surface area contributed by atoms with E-state index in [0.717, 1.165) is 12.1 Å². The molecule has 10 heteroatoms. The molecule has 1 aliphatic heterocycles. The topological polar surface area (TPSA) is 62.7 Å². The van der Waals surface area contributed by atoms with Gasteiger partial charge in [0.05, 0.1) is 17.8 Å². The van der Waals surface area contributed by atoms with E-state index in [9.17, 15) is 18.0 Å². The molecule has 1 aliphatic rings. The molecule has 0 aromatic heterocycles. The maximum atomic E-state index is 12.9. The SMILES string of the molecule is O=C(NCC1CC(Br)=NO1)Nc1ccc(Cl)cc1C(F)(F)F. The number of nitrogens with one attached hydrogen (secondary N) is 2. The summed E-state index contributed by atoms with van der Waals surface area (Å²) in [5.74, 6) is 0. The fourth-order valence-corrected chi connectivity index (χ4v) is 2.35. The molecule has 5 nitrogen and oxygen atoms in total. The van der Waals surface area contributed by atoms with Crippen LogP contribution in [0.25, 0.3) is 0 Å². The Labute approximate surface area is 137 Å². The maximum Gasteiger partial charge on any atom is 0.418 e. The Morgan fingerprint density at radius 3 is 2.82 bits per heavy atom. The summed E-state index contributed by atoms with van der Waals surface area (Å²) in [4.78, 5) is 16.6. The highest BCUT2D eigenvalue weighted by atomic mass is 79.9. The summed E-state index contributed by atoms with van der Waals surface area (Å²) in [5, 5.41) is 8.13. The van der Waals surface area contributed by atoms with E-state index in [1.54, 1.807) is 0 Å². The quantitative estimate of drug-likeness (QED) is 0.806. The average Bonchev–Trinajstić information content (AvgIpc) is 2.83. The maximum absolute atomic E-state index is 12.9. The van der Waals surface area contributed by atoms with Gasteiger partial charge in [0, 0.05) is 11.4 Å². The van der Waals surface area contributed by atoms with Gasteiger partial charge in [0.25, 0.3) is 0 Å². The number of nitrogens with zero attached hydrogens (tertiary/aromatic N) is 1. The van der Waals surface area contributed by atoms with E-state index in [-0.39, 0.29) is 23.4 Å². The van der Waals surface area contributed by atoms with Gasteiger partial charge in [-0.2, -0.15) is 13.2 Å². The normalized spacial score (nSPS) is 17.7. The van der Waals surface area contributed by atoms with Crippen molar-refractivity contribution in [2.24, 2.45) is 5.16 Å². The van der Waals surface area contributed by atoms with Gasteiger partial charge >= 0.3 is 12.2 Å². The Morgan fingerprint density at radius 2 is 2.23 bits per heavy atom. The van der Waals surface area contributed by atoms with Crippen LogP contribution in [0.2, 0.25) is 5.02 Å². The number of alkyl halides is 3. The predicted octanol–water partition coefficient (Wildman–Crippen LogP) is 3.98. The lowest BCUT2D eigenvalue weighted by Gasteiger charge is -2.15. The van der Waals surface area contributed by atoms with Crippen LogP contribution in [0.3, 0.4) is 0 Å². The first-order chi connectivity index (χ1) is 10.3. The van der Waals surface area contributed by atoms with E-state index >= 15 is 0 Å². The first-order valence-electron chi connectivity index (χ1n) is 6.05. The summed E-state index contributed by atoms with van der Waals surface area (Å²) >= 11 is 8.70. The molecule has 0 fully saturated rings. The molecule has 1 aromatic carbocycles. The van der Waals surface area contributed by atoms with Crippen molar-refractivity contribution >= 4 is 43.9 Å². The van der Waals surface area contributed by atoms with Crippen LogP contribution in [0.4, 0.5) is 23.7 Å². The van der Waals surface area contributed by atoms with Crippen LogP contribution >= 0.6 is 27.5 Å². The monoisotopic (exact) mass is 399 g/mol. The Morgan fingerprint density at radius 1 is 1.50 bits per heavy atom. The minimum Gasteiger partial charge on any atom is -0.390 e. The molecule has 0 spiro atoms. The van der Waals surface area contributed by atoms with Gasteiger partial charge in [0.2, 0.25) is 0 Å². The minimum atomic E-state index is -4.62. The molecule has 0 saturated heterocycles. The summed E-state index contributed by atoms with van der Waals surface area (Å²) in [6.45, 7) is 0.110. The Kier molecular flexibility index (Phi) is 5.17. The van der Waals surface area contributed by atoms with E-state index < -0.39 is 17.8 Å². The highest BCUT2D eigenvalue weighted by Crippen LogP contribution is 2.36. The highest BCUT2D eigenvalue weighted by molar-refractivity contribution is 9.18. The second-order valence-electron chi connectivity index (χ2n) is 4.42. The van der Waals surface area contributed by atoms with Crippen LogP contribution in [0, 0.1) is 0 Å². The van der Waals surface area contributed by atoms with E-state index in [1.807, 2.05) is 0 Å². The lowest BCUT2D eigenvalue weighted by Crippen LogP contribution is -2.35. The molecule has 0 saturated carbocycles. The van der Waals surface area contributed by atoms with Crippen LogP contribution in [-0.4, -0.2) is 23.3 Å². The second kappa shape index (κ2) is 6.74. The zero-order valence-electron chi connectivity index (χ0n) is 10.9. The molecular formula is C12H10BrClF3N3O2. The third-order valence-electron chi connectivity index (χ3n) is 2.72. The molecule has 2 rings (SSSR count). The van der Waals surface area contributed by atoms with E-state index in [4.69, 9.17) is 16.4 Å². The number of benzene rings is 1. The van der Waals surface area contributed by atoms with Crippen molar-refractivity contribution in [3.63, 3.8) is 0 Å². The largest absolute Gasteiger partial charge is 0.418 e. The number of oxime groups is 1. The Bertz CT molecular complexity index is 610. The molecule has 2 N–H and O–H groups in total. The minimum absolute atomic E-state index is 0.0698. The molecule has 22 heavy (non-hydrogen) atoms. The molecular weight excluding hydrogens is 391 g/mol. The van der Waals surface area contributed by atoms with Gasteiger partial charge in [-0.1, -0.05) is 16.8 Å². The molecule has 0 aliphatic carbocycles. The van der Waals surface area contributed by atoms with Crippen molar-refractivity contribution in [2.45, 2.75) is 18.7 Å². The van der Waals surface area contributed by atoms with E-state index in [0.29, 0.717) is 11.0 Å². The molecule has 2 amide bonds. The standard InChI is InChI=1S/C12H10BrClF3N3O2/c13-10-4-7(22-20-10)5-18-11(21)19-9-2-1-6(14)3-8(9)12(15,16)17/h1-3,7H,4-5H2,(H2,18,19,21). The van der Waals surface area contributed by atoms with Gasteiger partial charge in [0.1, 0.15) is 4.62 Å². The number of amides is 2. The Balaban J connectivity index is 1.97. The van der Waals surface area contributed by atoms with E-state index in [2.05, 4.69) is 31.7 Å².